The number of amides is 1. The fourth-order valence-electron chi connectivity index (χ4n) is 3.80. The maximum Gasteiger partial charge on any atom is 0.264 e. The Kier molecular flexibility index (Phi) is 7.40. The number of carbonyl (C=O) groups excluding carboxylic acids is 1. The lowest BCUT2D eigenvalue weighted by Gasteiger charge is -2.14. The van der Waals surface area contributed by atoms with Gasteiger partial charge in [0.05, 0.1) is 19.8 Å². The molecule has 0 radical (unpaired) electrons. The van der Waals surface area contributed by atoms with Crippen molar-refractivity contribution in [2.45, 2.75) is 26.2 Å². The van der Waals surface area contributed by atoms with Crippen LogP contribution in [0, 0.1) is 0 Å². The van der Waals surface area contributed by atoms with Crippen molar-refractivity contribution in [3.63, 3.8) is 0 Å². The van der Waals surface area contributed by atoms with E-state index in [9.17, 15) is 9.90 Å². The van der Waals surface area contributed by atoms with Crippen molar-refractivity contribution in [1.29, 1.82) is 0 Å². The van der Waals surface area contributed by atoms with E-state index in [-0.39, 0.29) is 16.4 Å². The van der Waals surface area contributed by atoms with Crippen LogP contribution >= 0.6 is 12.2 Å². The third-order valence-corrected chi connectivity index (χ3v) is 6.17. The Morgan fingerprint density at radius 3 is 2.47 bits per heavy atom. The Balaban J connectivity index is 1.50. The quantitative estimate of drug-likeness (QED) is 0.268. The number of carbonyl (C=O) groups is 1. The van der Waals surface area contributed by atoms with Crippen LogP contribution in [0.25, 0.3) is 22.6 Å². The van der Waals surface area contributed by atoms with Gasteiger partial charge in [-0.15, -0.1) is 0 Å². The van der Waals surface area contributed by atoms with Crippen molar-refractivity contribution in [3.8, 4) is 28.7 Å². The van der Waals surface area contributed by atoms with Gasteiger partial charge in [-0.25, -0.2) is 4.98 Å². The van der Waals surface area contributed by atoms with Crippen LogP contribution in [0.4, 0.5) is 5.69 Å². The molecule has 9 heteroatoms. The van der Waals surface area contributed by atoms with E-state index < -0.39 is 5.91 Å². The largest absolute Gasteiger partial charge is 0.507 e. The number of oxazole rings is 1. The topological polar surface area (TPSA) is 106 Å². The summed E-state index contributed by atoms with van der Waals surface area (Å²) in [6, 6.07) is 15.8. The van der Waals surface area contributed by atoms with E-state index in [1.165, 1.54) is 25.8 Å². The minimum absolute atomic E-state index is 0.0412. The Hall–Kier alpha value is -4.11. The number of ether oxygens (including phenoxy) is 2. The molecule has 3 aromatic carbocycles. The van der Waals surface area contributed by atoms with Gasteiger partial charge in [-0.2, -0.15) is 0 Å². The first kappa shape index (κ1) is 25.0. The zero-order valence-electron chi connectivity index (χ0n) is 20.4. The third-order valence-electron chi connectivity index (χ3n) is 5.96. The number of hydrogen-bond acceptors (Lipinski definition) is 7. The van der Waals surface area contributed by atoms with Crippen molar-refractivity contribution in [3.05, 3.63) is 65.7 Å². The van der Waals surface area contributed by atoms with E-state index in [0.717, 1.165) is 11.9 Å². The number of nitrogens with one attached hydrogen (secondary N) is 2. The standard InChI is InChI=1S/C27H27N3O5S/c1-5-15(2)16-9-12-21-19(13-16)29-26(35-21)18-11-10-17(14-20(18)31)28-27(36)30-25(32)24-22(33-3)7-6-8-23(24)34-4/h6-15,31H,5H2,1-4H3,(H2,28,30,32,36)/t15-/m1/s1. The highest BCUT2D eigenvalue weighted by molar-refractivity contribution is 7.80. The molecule has 186 valence electrons. The van der Waals surface area contributed by atoms with Crippen LogP contribution in [0.15, 0.2) is 59.0 Å². The monoisotopic (exact) mass is 505 g/mol. The predicted molar refractivity (Wildman–Crippen MR) is 143 cm³/mol. The van der Waals surface area contributed by atoms with Crippen molar-refractivity contribution < 1.29 is 23.8 Å². The summed E-state index contributed by atoms with van der Waals surface area (Å²) < 4.78 is 16.4. The lowest BCUT2D eigenvalue weighted by atomic mass is 9.98. The zero-order valence-corrected chi connectivity index (χ0v) is 21.2. The summed E-state index contributed by atoms with van der Waals surface area (Å²) in [6.07, 6.45) is 1.03. The second-order valence-corrected chi connectivity index (χ2v) is 8.64. The number of methoxy groups -OCH3 is 2. The molecule has 3 N–H and O–H groups in total. The molecule has 1 heterocycles. The van der Waals surface area contributed by atoms with Crippen LogP contribution < -0.4 is 20.1 Å². The molecule has 0 saturated heterocycles. The molecule has 36 heavy (non-hydrogen) atoms. The molecule has 4 aromatic rings. The van der Waals surface area contributed by atoms with Crippen LogP contribution in [0.1, 0.15) is 42.1 Å². The van der Waals surface area contributed by atoms with Crippen LogP contribution in [0.3, 0.4) is 0 Å². The van der Waals surface area contributed by atoms with Gasteiger partial charge in [-0.1, -0.05) is 26.0 Å². The minimum Gasteiger partial charge on any atom is -0.507 e. The SMILES string of the molecule is CC[C@@H](C)c1ccc2oc(-c3ccc(NC(=S)NC(=O)c4c(OC)cccc4OC)cc3O)nc2c1. The summed E-state index contributed by atoms with van der Waals surface area (Å²) in [5, 5.41) is 16.2. The van der Waals surface area contributed by atoms with E-state index in [0.29, 0.717) is 40.1 Å². The minimum atomic E-state index is -0.495. The van der Waals surface area contributed by atoms with Gasteiger partial charge in [-0.05, 0) is 66.5 Å². The fraction of sp³-hybridized carbons (Fsp3) is 0.222. The number of thiocarbonyl (C=S) groups is 1. The van der Waals surface area contributed by atoms with Gasteiger partial charge in [0.1, 0.15) is 28.3 Å². The molecule has 0 aliphatic carbocycles. The van der Waals surface area contributed by atoms with Crippen LogP contribution in [0.5, 0.6) is 17.2 Å². The second-order valence-electron chi connectivity index (χ2n) is 8.23. The fourth-order valence-corrected chi connectivity index (χ4v) is 4.01. The van der Waals surface area contributed by atoms with Crippen molar-refractivity contribution >= 4 is 40.0 Å². The Bertz CT molecular complexity index is 1410. The molecule has 0 saturated carbocycles. The summed E-state index contributed by atoms with van der Waals surface area (Å²) in [7, 11) is 2.93. The molecule has 0 unspecified atom stereocenters. The summed E-state index contributed by atoms with van der Waals surface area (Å²) in [6.45, 7) is 4.31. The van der Waals surface area contributed by atoms with Gasteiger partial charge in [0, 0.05) is 11.8 Å². The Morgan fingerprint density at radius 2 is 1.83 bits per heavy atom. The predicted octanol–water partition coefficient (Wildman–Crippen LogP) is 5.86. The van der Waals surface area contributed by atoms with Gasteiger partial charge in [0.15, 0.2) is 10.7 Å². The van der Waals surface area contributed by atoms with Gasteiger partial charge in [-0.3, -0.25) is 10.1 Å². The van der Waals surface area contributed by atoms with Crippen LogP contribution in [0.2, 0.25) is 0 Å². The Labute approximate surface area is 214 Å². The summed E-state index contributed by atoms with van der Waals surface area (Å²) in [4.78, 5) is 17.4. The highest BCUT2D eigenvalue weighted by Crippen LogP contribution is 2.34. The molecule has 0 aliphatic rings. The maximum absolute atomic E-state index is 12.8. The molecule has 0 bridgehead atoms. The highest BCUT2D eigenvalue weighted by Gasteiger charge is 2.20. The van der Waals surface area contributed by atoms with Crippen molar-refractivity contribution in [1.82, 2.24) is 10.3 Å². The molecular formula is C27H27N3O5S. The molecule has 0 aliphatic heterocycles. The number of benzene rings is 3. The zero-order chi connectivity index (χ0) is 25.8. The highest BCUT2D eigenvalue weighted by atomic mass is 32.1. The summed E-state index contributed by atoms with van der Waals surface area (Å²) in [5.41, 5.74) is 3.71. The van der Waals surface area contributed by atoms with E-state index >= 15 is 0 Å². The van der Waals surface area contributed by atoms with Crippen molar-refractivity contribution in [2.75, 3.05) is 19.5 Å². The summed E-state index contributed by atoms with van der Waals surface area (Å²) in [5.74, 6) is 0.897. The molecule has 1 amide bonds. The van der Waals surface area contributed by atoms with E-state index in [1.54, 1.807) is 30.3 Å². The number of fused-ring (bicyclic) bond motifs is 1. The maximum atomic E-state index is 12.8. The van der Waals surface area contributed by atoms with Gasteiger partial charge >= 0.3 is 0 Å². The number of aromatic hydroxyl groups is 1. The molecule has 8 nitrogen and oxygen atoms in total. The first-order valence-electron chi connectivity index (χ1n) is 11.4. The summed E-state index contributed by atoms with van der Waals surface area (Å²) >= 11 is 5.29. The first-order valence-corrected chi connectivity index (χ1v) is 11.8. The third kappa shape index (κ3) is 5.11. The number of anilines is 1. The van der Waals surface area contributed by atoms with E-state index in [2.05, 4.69) is 29.5 Å². The van der Waals surface area contributed by atoms with Crippen molar-refractivity contribution in [2.24, 2.45) is 0 Å². The average molecular weight is 506 g/mol. The molecule has 0 fully saturated rings. The molecule has 1 atom stereocenters. The second kappa shape index (κ2) is 10.7. The number of phenols is 1. The van der Waals surface area contributed by atoms with Gasteiger partial charge in [0.25, 0.3) is 5.91 Å². The smallest absolute Gasteiger partial charge is 0.264 e. The lowest BCUT2D eigenvalue weighted by molar-refractivity contribution is 0.0971. The molecule has 1 aromatic heterocycles. The average Bonchev–Trinajstić information content (AvgIpc) is 3.30. The van der Waals surface area contributed by atoms with Gasteiger partial charge in [0.2, 0.25) is 5.89 Å². The molecule has 0 spiro atoms. The molecule has 4 rings (SSSR count). The number of hydrogen-bond donors (Lipinski definition) is 3. The number of nitrogens with zero attached hydrogens (tertiary/aromatic N) is 1. The Morgan fingerprint density at radius 1 is 1.11 bits per heavy atom. The normalized spacial score (nSPS) is 11.7. The van der Waals surface area contributed by atoms with Crippen LogP contribution in [-0.4, -0.2) is 35.3 Å². The molecular weight excluding hydrogens is 478 g/mol. The van der Waals surface area contributed by atoms with E-state index in [1.807, 2.05) is 18.2 Å². The van der Waals surface area contributed by atoms with Gasteiger partial charge < -0.3 is 24.3 Å². The lowest BCUT2D eigenvalue weighted by Crippen LogP contribution is -2.34. The number of aromatic nitrogens is 1. The number of rotatable bonds is 7. The van der Waals surface area contributed by atoms with E-state index in [4.69, 9.17) is 26.1 Å². The first-order chi connectivity index (χ1) is 17.3. The van der Waals surface area contributed by atoms with Crippen LogP contribution in [-0.2, 0) is 0 Å². The number of phenolic OH excluding ortho intramolecular Hbond substituents is 1.